The van der Waals surface area contributed by atoms with Crippen molar-refractivity contribution in [1.82, 2.24) is 15.3 Å². The normalized spacial score (nSPS) is 12.4. The maximum atomic E-state index is 5.26. The predicted octanol–water partition coefficient (Wildman–Crippen LogP) is 1.05. The van der Waals surface area contributed by atoms with Crippen molar-refractivity contribution in [3.05, 3.63) is 18.1 Å². The Bertz CT molecular complexity index is 332. The molecule has 2 N–H and O–H groups in total. The average Bonchev–Trinajstić information content (AvgIpc) is 2.45. The predicted molar refractivity (Wildman–Crippen MR) is 75.2 cm³/mol. The number of nitrogens with zero attached hydrogens (tertiary/aromatic N) is 2. The number of hydrogen-bond donors (Lipinski definition) is 2. The molecule has 0 bridgehead atoms. The first-order chi connectivity index (χ1) is 9.30. The molecule has 1 unspecified atom stereocenters. The van der Waals surface area contributed by atoms with E-state index in [1.165, 1.54) is 0 Å². The summed E-state index contributed by atoms with van der Waals surface area (Å²) in [6, 6.07) is 0. The molecule has 0 aromatic carbocycles. The second kappa shape index (κ2) is 9.66. The Balaban J connectivity index is 2.34. The summed E-state index contributed by atoms with van der Waals surface area (Å²) in [6.07, 6.45) is 4.65. The average molecular weight is 268 g/mol. The van der Waals surface area contributed by atoms with Crippen LogP contribution in [-0.4, -0.2) is 50.0 Å². The fraction of sp³-hybridized carbons (Fsp3) is 0.692. The second-order valence-corrected chi connectivity index (χ2v) is 4.26. The highest BCUT2D eigenvalue weighted by Gasteiger charge is 2.06. The standard InChI is InChI=1S/C13H24N4O2/c1-4-5-14-6-11-7-16-13(9-15-11)17-8-12(19-3)10-18-2/h7,9,12,14H,4-6,8,10H2,1-3H3,(H,16,17). The monoisotopic (exact) mass is 268 g/mol. The highest BCUT2D eigenvalue weighted by atomic mass is 16.5. The summed E-state index contributed by atoms with van der Waals surface area (Å²) in [6.45, 7) is 5.08. The number of hydrogen-bond acceptors (Lipinski definition) is 6. The van der Waals surface area contributed by atoms with Gasteiger partial charge in [-0.2, -0.15) is 0 Å². The van der Waals surface area contributed by atoms with Gasteiger partial charge >= 0.3 is 0 Å². The molecule has 0 aliphatic rings. The number of ether oxygens (including phenoxy) is 2. The number of methoxy groups -OCH3 is 2. The van der Waals surface area contributed by atoms with Crippen molar-refractivity contribution in [3.8, 4) is 0 Å². The zero-order chi connectivity index (χ0) is 13.9. The summed E-state index contributed by atoms with van der Waals surface area (Å²) in [4.78, 5) is 8.65. The Morgan fingerprint density at radius 3 is 2.68 bits per heavy atom. The van der Waals surface area contributed by atoms with Gasteiger partial charge in [0.1, 0.15) is 5.82 Å². The Morgan fingerprint density at radius 2 is 2.11 bits per heavy atom. The van der Waals surface area contributed by atoms with Crippen LogP contribution in [0, 0.1) is 0 Å². The third kappa shape index (κ3) is 6.47. The Morgan fingerprint density at radius 1 is 1.26 bits per heavy atom. The lowest BCUT2D eigenvalue weighted by Crippen LogP contribution is -2.27. The molecule has 1 aromatic heterocycles. The van der Waals surface area contributed by atoms with Crippen LogP contribution in [-0.2, 0) is 16.0 Å². The fourth-order valence-corrected chi connectivity index (χ4v) is 1.55. The second-order valence-electron chi connectivity index (χ2n) is 4.26. The van der Waals surface area contributed by atoms with E-state index in [-0.39, 0.29) is 6.10 Å². The molecule has 0 radical (unpaired) electrons. The van der Waals surface area contributed by atoms with Gasteiger partial charge in [-0.3, -0.25) is 4.98 Å². The van der Waals surface area contributed by atoms with Crippen molar-refractivity contribution in [3.63, 3.8) is 0 Å². The van der Waals surface area contributed by atoms with Gasteiger partial charge in [0.15, 0.2) is 0 Å². The Hall–Kier alpha value is -1.24. The van der Waals surface area contributed by atoms with Crippen molar-refractivity contribution in [2.45, 2.75) is 26.0 Å². The number of anilines is 1. The van der Waals surface area contributed by atoms with Crippen LogP contribution in [0.1, 0.15) is 19.0 Å². The van der Waals surface area contributed by atoms with Crippen molar-refractivity contribution in [2.24, 2.45) is 0 Å². The molecule has 0 aliphatic heterocycles. The van der Waals surface area contributed by atoms with E-state index < -0.39 is 0 Å². The van der Waals surface area contributed by atoms with Crippen molar-refractivity contribution in [2.75, 3.05) is 39.2 Å². The largest absolute Gasteiger partial charge is 0.382 e. The quantitative estimate of drug-likeness (QED) is 0.618. The molecule has 0 aliphatic carbocycles. The van der Waals surface area contributed by atoms with E-state index in [1.807, 2.05) is 0 Å². The van der Waals surface area contributed by atoms with E-state index in [0.29, 0.717) is 13.2 Å². The molecule has 108 valence electrons. The zero-order valence-electron chi connectivity index (χ0n) is 12.0. The smallest absolute Gasteiger partial charge is 0.144 e. The van der Waals surface area contributed by atoms with Crippen LogP contribution in [0.15, 0.2) is 12.4 Å². The molecule has 0 fully saturated rings. The number of nitrogens with one attached hydrogen (secondary N) is 2. The van der Waals surface area contributed by atoms with Gasteiger partial charge in [0.25, 0.3) is 0 Å². The van der Waals surface area contributed by atoms with Crippen LogP contribution in [0.3, 0.4) is 0 Å². The lowest BCUT2D eigenvalue weighted by Gasteiger charge is -2.15. The number of rotatable bonds is 10. The van der Waals surface area contributed by atoms with Crippen LogP contribution < -0.4 is 10.6 Å². The molecular formula is C13H24N4O2. The van der Waals surface area contributed by atoms with E-state index in [4.69, 9.17) is 9.47 Å². The van der Waals surface area contributed by atoms with Gasteiger partial charge in [0.2, 0.25) is 0 Å². The molecule has 0 saturated carbocycles. The number of aromatic nitrogens is 2. The van der Waals surface area contributed by atoms with Crippen LogP contribution in [0.2, 0.25) is 0 Å². The van der Waals surface area contributed by atoms with Gasteiger partial charge in [-0.1, -0.05) is 6.92 Å². The first kappa shape index (κ1) is 15.8. The van der Waals surface area contributed by atoms with Gasteiger partial charge in [0, 0.05) is 27.3 Å². The zero-order valence-corrected chi connectivity index (χ0v) is 12.0. The molecule has 1 atom stereocenters. The van der Waals surface area contributed by atoms with Crippen LogP contribution in [0.25, 0.3) is 0 Å². The van der Waals surface area contributed by atoms with E-state index >= 15 is 0 Å². The minimum absolute atomic E-state index is 0.0118. The molecule has 1 rings (SSSR count). The third-order valence-electron chi connectivity index (χ3n) is 2.63. The van der Waals surface area contributed by atoms with Crippen molar-refractivity contribution >= 4 is 5.82 Å². The summed E-state index contributed by atoms with van der Waals surface area (Å²) in [7, 11) is 3.32. The highest BCUT2D eigenvalue weighted by molar-refractivity contribution is 5.31. The minimum atomic E-state index is 0.0118. The van der Waals surface area contributed by atoms with E-state index in [9.17, 15) is 0 Å². The van der Waals surface area contributed by atoms with Crippen LogP contribution in [0.5, 0.6) is 0 Å². The van der Waals surface area contributed by atoms with Gasteiger partial charge in [0.05, 0.1) is 30.8 Å². The van der Waals surface area contributed by atoms with Gasteiger partial charge < -0.3 is 20.1 Å². The lowest BCUT2D eigenvalue weighted by atomic mass is 10.3. The first-order valence-corrected chi connectivity index (χ1v) is 6.57. The third-order valence-corrected chi connectivity index (χ3v) is 2.63. The molecule has 19 heavy (non-hydrogen) atoms. The van der Waals surface area contributed by atoms with Gasteiger partial charge in [-0.15, -0.1) is 0 Å². The molecule has 6 nitrogen and oxygen atoms in total. The highest BCUT2D eigenvalue weighted by Crippen LogP contribution is 2.02. The molecule has 0 saturated heterocycles. The van der Waals surface area contributed by atoms with Gasteiger partial charge in [-0.25, -0.2) is 4.98 Å². The van der Waals surface area contributed by atoms with E-state index in [1.54, 1.807) is 26.6 Å². The molecule has 0 spiro atoms. The minimum Gasteiger partial charge on any atom is -0.382 e. The SMILES string of the molecule is CCCNCc1cnc(NCC(COC)OC)cn1. The summed E-state index contributed by atoms with van der Waals surface area (Å²) in [5, 5.41) is 6.46. The van der Waals surface area contributed by atoms with Gasteiger partial charge in [-0.05, 0) is 13.0 Å². The Labute approximate surface area is 114 Å². The summed E-state index contributed by atoms with van der Waals surface area (Å²) < 4.78 is 10.3. The van der Waals surface area contributed by atoms with Crippen LogP contribution in [0.4, 0.5) is 5.82 Å². The topological polar surface area (TPSA) is 68.3 Å². The van der Waals surface area contributed by atoms with E-state index in [0.717, 1.165) is 31.0 Å². The maximum absolute atomic E-state index is 5.26. The maximum Gasteiger partial charge on any atom is 0.144 e. The fourth-order valence-electron chi connectivity index (χ4n) is 1.55. The lowest BCUT2D eigenvalue weighted by molar-refractivity contribution is 0.0365. The Kier molecular flexibility index (Phi) is 8.04. The van der Waals surface area contributed by atoms with Crippen molar-refractivity contribution in [1.29, 1.82) is 0 Å². The molecule has 6 heteroatoms. The van der Waals surface area contributed by atoms with Crippen LogP contribution >= 0.6 is 0 Å². The molecule has 0 amide bonds. The van der Waals surface area contributed by atoms with Crippen molar-refractivity contribution < 1.29 is 9.47 Å². The first-order valence-electron chi connectivity index (χ1n) is 6.57. The molecule has 1 aromatic rings. The summed E-state index contributed by atoms with van der Waals surface area (Å²) >= 11 is 0. The molecule has 1 heterocycles. The molecular weight excluding hydrogens is 244 g/mol. The van der Waals surface area contributed by atoms with E-state index in [2.05, 4.69) is 27.5 Å². The summed E-state index contributed by atoms with van der Waals surface area (Å²) in [5.74, 6) is 0.748. The summed E-state index contributed by atoms with van der Waals surface area (Å²) in [5.41, 5.74) is 0.944.